The van der Waals surface area contributed by atoms with Crippen LogP contribution in [0.4, 0.5) is 5.69 Å². The van der Waals surface area contributed by atoms with Crippen LogP contribution in [0, 0.1) is 10.1 Å². The number of nitro groups is 1. The summed E-state index contributed by atoms with van der Waals surface area (Å²) in [6, 6.07) is 11.0. The fraction of sp³-hybridized carbons (Fsp3) is 0.261. The minimum atomic E-state index is -1.50. The summed E-state index contributed by atoms with van der Waals surface area (Å²) in [6.45, 7) is 7.31. The average molecular weight is 438 g/mol. The minimum absolute atomic E-state index is 0.108. The molecule has 2 N–H and O–H groups in total. The van der Waals surface area contributed by atoms with E-state index in [2.05, 4.69) is 10.6 Å². The average Bonchev–Trinajstić information content (AvgIpc) is 2.72. The van der Waals surface area contributed by atoms with E-state index in [1.807, 2.05) is 20.8 Å². The zero-order chi connectivity index (χ0) is 24.1. The molecule has 1 atom stereocenters. The highest BCUT2D eigenvalue weighted by atomic mass is 16.6. The number of carbonyl (C=O) groups excluding carboxylic acids is 3. The van der Waals surface area contributed by atoms with Crippen LogP contribution < -0.4 is 15.7 Å². The number of nitrogens with zero attached hydrogens (tertiary/aromatic N) is 1. The van der Waals surface area contributed by atoms with Crippen molar-refractivity contribution in [3.63, 3.8) is 0 Å². The summed E-state index contributed by atoms with van der Waals surface area (Å²) in [5.74, 6) is -2.98. The largest absolute Gasteiger partial charge is 0.548 e. The minimum Gasteiger partial charge on any atom is -0.548 e. The molecule has 32 heavy (non-hydrogen) atoms. The summed E-state index contributed by atoms with van der Waals surface area (Å²) >= 11 is 0. The fourth-order valence-corrected chi connectivity index (χ4v) is 2.70. The van der Waals surface area contributed by atoms with Gasteiger partial charge in [-0.05, 0) is 41.7 Å². The first-order valence-corrected chi connectivity index (χ1v) is 9.78. The smallest absolute Gasteiger partial charge is 0.270 e. The summed E-state index contributed by atoms with van der Waals surface area (Å²) in [5, 5.41) is 26.7. The molecule has 0 saturated carbocycles. The van der Waals surface area contributed by atoms with Crippen molar-refractivity contribution >= 4 is 29.5 Å². The van der Waals surface area contributed by atoms with E-state index in [0.717, 1.165) is 5.56 Å². The fourth-order valence-electron chi connectivity index (χ4n) is 2.70. The van der Waals surface area contributed by atoms with Gasteiger partial charge in [0.25, 0.3) is 17.5 Å². The second kappa shape index (κ2) is 9.86. The Morgan fingerprint density at radius 3 is 2.22 bits per heavy atom. The zero-order valence-electron chi connectivity index (χ0n) is 18.2. The van der Waals surface area contributed by atoms with E-state index >= 15 is 0 Å². The third-order valence-electron chi connectivity index (χ3n) is 4.60. The number of non-ortho nitro benzene ring substituents is 1. The van der Waals surface area contributed by atoms with Crippen LogP contribution in [0.15, 0.2) is 54.2 Å². The predicted molar refractivity (Wildman–Crippen MR) is 116 cm³/mol. The number of amides is 2. The first-order valence-electron chi connectivity index (χ1n) is 9.78. The lowest BCUT2D eigenvalue weighted by molar-refractivity contribution is -0.384. The number of hydrogen-bond acceptors (Lipinski definition) is 6. The summed E-state index contributed by atoms with van der Waals surface area (Å²) in [6.07, 6.45) is 1.23. The van der Waals surface area contributed by atoms with Crippen molar-refractivity contribution in [2.24, 2.45) is 0 Å². The lowest BCUT2D eigenvalue weighted by Gasteiger charge is -2.19. The van der Waals surface area contributed by atoms with Crippen molar-refractivity contribution in [3.8, 4) is 0 Å². The SMILES string of the molecule is C[C@H](NC(=O)/C(=C/c1cccc([N+](=O)[O-])c1)NC(=O)c1ccc(C(C)(C)C)cc1)C(=O)[O-]. The third-order valence-corrected chi connectivity index (χ3v) is 4.60. The summed E-state index contributed by atoms with van der Waals surface area (Å²) < 4.78 is 0. The van der Waals surface area contributed by atoms with Gasteiger partial charge in [0.2, 0.25) is 0 Å². The highest BCUT2D eigenvalue weighted by Crippen LogP contribution is 2.22. The number of nitro benzene ring substituents is 1. The predicted octanol–water partition coefficient (Wildman–Crippen LogP) is 1.92. The van der Waals surface area contributed by atoms with Crippen LogP contribution in [0.3, 0.4) is 0 Å². The third kappa shape index (κ3) is 6.49. The number of carbonyl (C=O) groups is 3. The van der Waals surface area contributed by atoms with E-state index in [9.17, 15) is 29.6 Å². The van der Waals surface area contributed by atoms with E-state index in [1.165, 1.54) is 37.3 Å². The monoisotopic (exact) mass is 438 g/mol. The van der Waals surface area contributed by atoms with Crippen LogP contribution in [0.25, 0.3) is 6.08 Å². The quantitative estimate of drug-likeness (QED) is 0.384. The Bertz CT molecular complexity index is 1070. The molecule has 2 amide bonds. The Morgan fingerprint density at radius 1 is 1.06 bits per heavy atom. The standard InChI is InChI=1S/C23H25N3O6/c1-14(22(29)30)24-21(28)19(13-15-6-5-7-18(12-15)26(31)32)25-20(27)16-8-10-17(11-9-16)23(2,3)4/h5-14H,1-4H3,(H,24,28)(H,25,27)(H,29,30)/p-1/b19-13-/t14-/m0/s1. The molecule has 2 rings (SSSR count). The lowest BCUT2D eigenvalue weighted by atomic mass is 9.87. The summed E-state index contributed by atoms with van der Waals surface area (Å²) in [7, 11) is 0. The van der Waals surface area contributed by atoms with Gasteiger partial charge in [-0.3, -0.25) is 19.7 Å². The van der Waals surface area contributed by atoms with Crippen LogP contribution in [-0.4, -0.2) is 28.7 Å². The molecule has 0 aliphatic carbocycles. The van der Waals surface area contributed by atoms with Crippen molar-refractivity contribution in [1.82, 2.24) is 10.6 Å². The molecule has 0 saturated heterocycles. The topological polar surface area (TPSA) is 141 Å². The first kappa shape index (κ1) is 24.3. The van der Waals surface area contributed by atoms with E-state index in [1.54, 1.807) is 24.3 Å². The molecule has 0 aliphatic heterocycles. The molecule has 0 unspecified atom stereocenters. The van der Waals surface area contributed by atoms with E-state index < -0.39 is 28.7 Å². The van der Waals surface area contributed by atoms with Crippen molar-refractivity contribution in [2.45, 2.75) is 39.2 Å². The number of nitrogens with one attached hydrogen (secondary N) is 2. The van der Waals surface area contributed by atoms with Gasteiger partial charge in [0.05, 0.1) is 16.9 Å². The Kier molecular flexibility index (Phi) is 7.48. The van der Waals surface area contributed by atoms with Gasteiger partial charge in [-0.15, -0.1) is 0 Å². The molecule has 9 nitrogen and oxygen atoms in total. The molecule has 2 aromatic carbocycles. The molecule has 0 spiro atoms. The van der Waals surface area contributed by atoms with Gasteiger partial charge >= 0.3 is 0 Å². The highest BCUT2D eigenvalue weighted by molar-refractivity contribution is 6.06. The molecule has 0 fully saturated rings. The normalized spacial score (nSPS) is 12.6. The Balaban J connectivity index is 2.36. The zero-order valence-corrected chi connectivity index (χ0v) is 18.2. The molecule has 9 heteroatoms. The molecular formula is C23H24N3O6-. The summed E-state index contributed by atoms with van der Waals surface area (Å²) in [5.41, 5.74) is 0.983. The highest BCUT2D eigenvalue weighted by Gasteiger charge is 2.19. The van der Waals surface area contributed by atoms with Gasteiger partial charge in [0.15, 0.2) is 0 Å². The van der Waals surface area contributed by atoms with Gasteiger partial charge in [-0.25, -0.2) is 0 Å². The maximum atomic E-state index is 12.7. The van der Waals surface area contributed by atoms with Crippen molar-refractivity contribution in [3.05, 3.63) is 81.0 Å². The Hall–Kier alpha value is -4.01. The van der Waals surface area contributed by atoms with E-state index in [-0.39, 0.29) is 27.9 Å². The summed E-state index contributed by atoms with van der Waals surface area (Å²) in [4.78, 5) is 46.8. The van der Waals surface area contributed by atoms with E-state index in [4.69, 9.17) is 0 Å². The number of rotatable bonds is 7. The van der Waals surface area contributed by atoms with Crippen LogP contribution in [0.5, 0.6) is 0 Å². The van der Waals surface area contributed by atoms with Crippen molar-refractivity contribution in [1.29, 1.82) is 0 Å². The number of hydrogen-bond donors (Lipinski definition) is 2. The van der Waals surface area contributed by atoms with Crippen LogP contribution in [-0.2, 0) is 15.0 Å². The lowest BCUT2D eigenvalue weighted by Crippen LogP contribution is -2.48. The van der Waals surface area contributed by atoms with Gasteiger partial charge in [0.1, 0.15) is 5.70 Å². The molecule has 168 valence electrons. The second-order valence-corrected chi connectivity index (χ2v) is 8.21. The Morgan fingerprint density at radius 2 is 1.69 bits per heavy atom. The van der Waals surface area contributed by atoms with E-state index in [0.29, 0.717) is 0 Å². The van der Waals surface area contributed by atoms with Crippen molar-refractivity contribution < 1.29 is 24.4 Å². The second-order valence-electron chi connectivity index (χ2n) is 8.21. The molecule has 2 aromatic rings. The van der Waals surface area contributed by atoms with Crippen molar-refractivity contribution in [2.75, 3.05) is 0 Å². The van der Waals surface area contributed by atoms with Crippen LogP contribution >= 0.6 is 0 Å². The number of carboxylic acid groups (broad SMARTS) is 1. The van der Waals surface area contributed by atoms with Gasteiger partial charge < -0.3 is 20.5 Å². The maximum absolute atomic E-state index is 12.7. The molecule has 0 radical (unpaired) electrons. The maximum Gasteiger partial charge on any atom is 0.270 e. The molecular weight excluding hydrogens is 414 g/mol. The molecule has 0 aliphatic rings. The number of carboxylic acids is 1. The van der Waals surface area contributed by atoms with Gasteiger partial charge in [-0.1, -0.05) is 45.0 Å². The van der Waals surface area contributed by atoms with Crippen LogP contribution in [0.1, 0.15) is 49.2 Å². The van der Waals surface area contributed by atoms with Gasteiger partial charge in [0, 0.05) is 17.7 Å². The number of benzene rings is 2. The number of aliphatic carboxylic acids is 1. The Labute approximate surface area is 185 Å². The van der Waals surface area contributed by atoms with Crippen LogP contribution in [0.2, 0.25) is 0 Å². The molecule has 0 bridgehead atoms. The molecule has 0 heterocycles. The molecule has 0 aromatic heterocycles. The first-order chi connectivity index (χ1) is 14.9. The van der Waals surface area contributed by atoms with Gasteiger partial charge in [-0.2, -0.15) is 0 Å².